The molecular formula is C17H26N2O3. The van der Waals surface area contributed by atoms with Gasteiger partial charge in [0.05, 0.1) is 12.6 Å². The maximum absolute atomic E-state index is 11.9. The predicted molar refractivity (Wildman–Crippen MR) is 86.8 cm³/mol. The number of aryl methyl sites for hydroxylation is 2. The number of rotatable bonds is 8. The monoisotopic (exact) mass is 306 g/mol. The second-order valence-electron chi connectivity index (χ2n) is 5.69. The number of carboxylic acid groups (broad SMARTS) is 1. The Morgan fingerprint density at radius 2 is 1.91 bits per heavy atom. The van der Waals surface area contributed by atoms with Crippen molar-refractivity contribution in [2.24, 2.45) is 0 Å². The molecule has 2 unspecified atom stereocenters. The standard InChI is InChI=1S/C17H26N2O3/c1-5-6-15(17(21)22)18-10-16(20)19-13(4)14-8-7-11(2)12(3)9-14/h7-9,13,15,18H,5-6,10H2,1-4H3,(H,19,20)(H,21,22). The van der Waals surface area contributed by atoms with Gasteiger partial charge < -0.3 is 10.4 Å². The summed E-state index contributed by atoms with van der Waals surface area (Å²) in [5.74, 6) is -1.12. The molecule has 0 spiro atoms. The van der Waals surface area contributed by atoms with Crippen LogP contribution >= 0.6 is 0 Å². The van der Waals surface area contributed by atoms with Gasteiger partial charge in [0.25, 0.3) is 0 Å². The lowest BCUT2D eigenvalue weighted by Gasteiger charge is -2.17. The summed E-state index contributed by atoms with van der Waals surface area (Å²) in [6.07, 6.45) is 1.26. The molecule has 5 heteroatoms. The van der Waals surface area contributed by atoms with Gasteiger partial charge in [0.2, 0.25) is 5.91 Å². The summed E-state index contributed by atoms with van der Waals surface area (Å²) in [6.45, 7) is 7.93. The van der Waals surface area contributed by atoms with Gasteiger partial charge in [0.15, 0.2) is 0 Å². The van der Waals surface area contributed by atoms with Crippen molar-refractivity contribution in [3.05, 3.63) is 34.9 Å². The van der Waals surface area contributed by atoms with E-state index >= 15 is 0 Å². The van der Waals surface area contributed by atoms with E-state index in [4.69, 9.17) is 5.11 Å². The lowest BCUT2D eigenvalue weighted by Crippen LogP contribution is -2.43. The zero-order valence-electron chi connectivity index (χ0n) is 13.8. The first-order chi connectivity index (χ1) is 10.3. The molecule has 0 heterocycles. The van der Waals surface area contributed by atoms with Crippen molar-refractivity contribution in [2.45, 2.75) is 52.6 Å². The van der Waals surface area contributed by atoms with Crippen LogP contribution in [0.2, 0.25) is 0 Å². The first-order valence-electron chi connectivity index (χ1n) is 7.67. The Hall–Kier alpha value is -1.88. The number of amides is 1. The first kappa shape index (κ1) is 18.2. The molecule has 0 saturated heterocycles. The number of aliphatic carboxylic acids is 1. The Bertz CT molecular complexity index is 529. The molecule has 1 aromatic carbocycles. The van der Waals surface area contributed by atoms with Crippen LogP contribution in [-0.2, 0) is 9.59 Å². The molecule has 5 nitrogen and oxygen atoms in total. The highest BCUT2D eigenvalue weighted by Gasteiger charge is 2.17. The van der Waals surface area contributed by atoms with E-state index in [1.165, 1.54) is 11.1 Å². The third kappa shape index (κ3) is 5.48. The fourth-order valence-electron chi connectivity index (χ4n) is 2.23. The fraction of sp³-hybridized carbons (Fsp3) is 0.529. The molecule has 0 radical (unpaired) electrons. The molecule has 2 atom stereocenters. The van der Waals surface area contributed by atoms with E-state index in [9.17, 15) is 9.59 Å². The van der Waals surface area contributed by atoms with Crippen molar-refractivity contribution in [1.29, 1.82) is 0 Å². The highest BCUT2D eigenvalue weighted by atomic mass is 16.4. The van der Waals surface area contributed by atoms with E-state index < -0.39 is 12.0 Å². The van der Waals surface area contributed by atoms with Crippen molar-refractivity contribution in [3.63, 3.8) is 0 Å². The Balaban J connectivity index is 2.53. The SMILES string of the molecule is CCCC(NCC(=O)NC(C)c1ccc(C)c(C)c1)C(=O)O. The van der Waals surface area contributed by atoms with Crippen LogP contribution in [0.3, 0.4) is 0 Å². The average molecular weight is 306 g/mol. The number of benzene rings is 1. The van der Waals surface area contributed by atoms with Crippen LogP contribution < -0.4 is 10.6 Å². The number of carbonyl (C=O) groups is 2. The molecule has 22 heavy (non-hydrogen) atoms. The minimum atomic E-state index is -0.920. The molecule has 0 aliphatic carbocycles. The highest BCUT2D eigenvalue weighted by molar-refractivity contribution is 5.80. The zero-order valence-corrected chi connectivity index (χ0v) is 13.8. The van der Waals surface area contributed by atoms with E-state index in [0.29, 0.717) is 6.42 Å². The van der Waals surface area contributed by atoms with Gasteiger partial charge in [-0.3, -0.25) is 14.9 Å². The van der Waals surface area contributed by atoms with Crippen LogP contribution in [0.5, 0.6) is 0 Å². The topological polar surface area (TPSA) is 78.4 Å². The Labute approximate surface area is 132 Å². The van der Waals surface area contributed by atoms with E-state index in [0.717, 1.165) is 12.0 Å². The van der Waals surface area contributed by atoms with Crippen LogP contribution in [0.15, 0.2) is 18.2 Å². The van der Waals surface area contributed by atoms with Crippen LogP contribution in [0.4, 0.5) is 0 Å². The van der Waals surface area contributed by atoms with Gasteiger partial charge in [0.1, 0.15) is 6.04 Å². The zero-order chi connectivity index (χ0) is 16.7. The van der Waals surface area contributed by atoms with Gasteiger partial charge in [0, 0.05) is 0 Å². The molecule has 0 aromatic heterocycles. The summed E-state index contributed by atoms with van der Waals surface area (Å²) in [6, 6.07) is 5.31. The molecule has 1 amide bonds. The molecule has 0 aliphatic rings. The Morgan fingerprint density at radius 3 is 2.45 bits per heavy atom. The molecule has 3 N–H and O–H groups in total. The first-order valence-corrected chi connectivity index (χ1v) is 7.67. The number of carboxylic acids is 1. The molecular weight excluding hydrogens is 280 g/mol. The summed E-state index contributed by atoms with van der Waals surface area (Å²) >= 11 is 0. The highest BCUT2D eigenvalue weighted by Crippen LogP contribution is 2.16. The smallest absolute Gasteiger partial charge is 0.320 e. The summed E-state index contributed by atoms with van der Waals surface area (Å²) in [4.78, 5) is 23.0. The largest absolute Gasteiger partial charge is 0.480 e. The lowest BCUT2D eigenvalue weighted by atomic mass is 10.0. The maximum atomic E-state index is 11.9. The van der Waals surface area contributed by atoms with Gasteiger partial charge in [-0.15, -0.1) is 0 Å². The maximum Gasteiger partial charge on any atom is 0.320 e. The van der Waals surface area contributed by atoms with Gasteiger partial charge >= 0.3 is 5.97 Å². The summed E-state index contributed by atoms with van der Waals surface area (Å²) < 4.78 is 0. The molecule has 1 rings (SSSR count). The van der Waals surface area contributed by atoms with E-state index in [-0.39, 0.29) is 18.5 Å². The van der Waals surface area contributed by atoms with Crippen molar-refractivity contribution >= 4 is 11.9 Å². The molecule has 1 aromatic rings. The van der Waals surface area contributed by atoms with Crippen molar-refractivity contribution in [1.82, 2.24) is 10.6 Å². The average Bonchev–Trinajstić information content (AvgIpc) is 2.45. The fourth-order valence-corrected chi connectivity index (χ4v) is 2.23. The minimum Gasteiger partial charge on any atom is -0.480 e. The van der Waals surface area contributed by atoms with Crippen LogP contribution in [0.25, 0.3) is 0 Å². The molecule has 0 fully saturated rings. The predicted octanol–water partition coefficient (Wildman–Crippen LogP) is 2.32. The van der Waals surface area contributed by atoms with E-state index in [2.05, 4.69) is 16.7 Å². The minimum absolute atomic E-state index is 0.00610. The van der Waals surface area contributed by atoms with Crippen molar-refractivity contribution < 1.29 is 14.7 Å². The molecule has 0 bridgehead atoms. The van der Waals surface area contributed by atoms with Crippen molar-refractivity contribution in [3.8, 4) is 0 Å². The van der Waals surface area contributed by atoms with E-state index in [1.807, 2.05) is 39.8 Å². The summed E-state index contributed by atoms with van der Waals surface area (Å²) in [7, 11) is 0. The van der Waals surface area contributed by atoms with Crippen LogP contribution in [0.1, 0.15) is 49.4 Å². The van der Waals surface area contributed by atoms with Gasteiger partial charge in [-0.2, -0.15) is 0 Å². The third-order valence-electron chi connectivity index (χ3n) is 3.79. The summed E-state index contributed by atoms with van der Waals surface area (Å²) in [5.41, 5.74) is 3.44. The van der Waals surface area contributed by atoms with Crippen molar-refractivity contribution in [2.75, 3.05) is 6.54 Å². The van der Waals surface area contributed by atoms with Crippen LogP contribution in [-0.4, -0.2) is 29.6 Å². The van der Waals surface area contributed by atoms with Gasteiger partial charge in [-0.25, -0.2) is 0 Å². The normalized spacial score (nSPS) is 13.5. The number of carbonyl (C=O) groups excluding carboxylic acids is 1. The Morgan fingerprint density at radius 1 is 1.23 bits per heavy atom. The second-order valence-corrected chi connectivity index (χ2v) is 5.69. The molecule has 0 saturated carbocycles. The second kappa shape index (κ2) is 8.54. The van der Waals surface area contributed by atoms with E-state index in [1.54, 1.807) is 0 Å². The number of hydrogen-bond acceptors (Lipinski definition) is 3. The third-order valence-corrected chi connectivity index (χ3v) is 3.79. The number of hydrogen-bond donors (Lipinski definition) is 3. The lowest BCUT2D eigenvalue weighted by molar-refractivity contribution is -0.139. The summed E-state index contributed by atoms with van der Waals surface area (Å²) in [5, 5.41) is 14.7. The quantitative estimate of drug-likeness (QED) is 0.689. The van der Waals surface area contributed by atoms with Gasteiger partial charge in [-0.05, 0) is 43.9 Å². The number of nitrogens with one attached hydrogen (secondary N) is 2. The molecule has 0 aliphatic heterocycles. The van der Waals surface area contributed by atoms with Crippen LogP contribution in [0, 0.1) is 13.8 Å². The Kier molecular flexibility index (Phi) is 7.05. The molecule has 122 valence electrons. The van der Waals surface area contributed by atoms with Gasteiger partial charge in [-0.1, -0.05) is 31.5 Å².